The van der Waals surface area contributed by atoms with Gasteiger partial charge >= 0.3 is 0 Å². The molecule has 0 bridgehead atoms. The van der Waals surface area contributed by atoms with Crippen LogP contribution in [-0.2, 0) is 0 Å². The van der Waals surface area contributed by atoms with Crippen LogP contribution in [0.3, 0.4) is 0 Å². The van der Waals surface area contributed by atoms with Gasteiger partial charge in [-0.05, 0) is 0 Å². The number of methoxy groups -OCH3 is 2. The van der Waals surface area contributed by atoms with Crippen molar-refractivity contribution in [3.8, 4) is 23.3 Å². The minimum absolute atomic E-state index is 0.0229. The highest BCUT2D eigenvalue weighted by Crippen LogP contribution is 2.37. The van der Waals surface area contributed by atoms with Crippen molar-refractivity contribution in [2.24, 2.45) is 0 Å². The number of phenols is 1. The lowest BCUT2D eigenvalue weighted by Gasteiger charge is -2.10. The second-order valence-corrected chi connectivity index (χ2v) is 2.43. The van der Waals surface area contributed by atoms with Gasteiger partial charge in [0.25, 0.3) is 0 Å². The predicted molar refractivity (Wildman–Crippen MR) is 45.9 cm³/mol. The van der Waals surface area contributed by atoms with E-state index in [0.29, 0.717) is 0 Å². The molecule has 0 saturated heterocycles. The van der Waals surface area contributed by atoms with Crippen LogP contribution in [0.4, 0.5) is 4.39 Å². The molecule has 4 nitrogen and oxygen atoms in total. The lowest BCUT2D eigenvalue weighted by molar-refractivity contribution is 0.343. The van der Waals surface area contributed by atoms with Gasteiger partial charge in [0.15, 0.2) is 23.1 Å². The number of nitriles is 1. The van der Waals surface area contributed by atoms with Crippen molar-refractivity contribution in [2.45, 2.75) is 0 Å². The molecule has 0 aliphatic carbocycles. The van der Waals surface area contributed by atoms with Crippen LogP contribution < -0.4 is 9.47 Å². The third-order valence-electron chi connectivity index (χ3n) is 1.70. The molecule has 0 aromatic heterocycles. The van der Waals surface area contributed by atoms with Gasteiger partial charge in [0.05, 0.1) is 14.2 Å². The summed E-state index contributed by atoms with van der Waals surface area (Å²) in [4.78, 5) is 0. The van der Waals surface area contributed by atoms with E-state index in [-0.39, 0.29) is 17.1 Å². The summed E-state index contributed by atoms with van der Waals surface area (Å²) >= 11 is 0. The van der Waals surface area contributed by atoms with E-state index in [9.17, 15) is 4.39 Å². The third-order valence-corrected chi connectivity index (χ3v) is 1.70. The van der Waals surface area contributed by atoms with Crippen LogP contribution >= 0.6 is 0 Å². The van der Waals surface area contributed by atoms with Crippen LogP contribution in [-0.4, -0.2) is 19.3 Å². The quantitative estimate of drug-likeness (QED) is 0.778. The Morgan fingerprint density at radius 2 is 2.07 bits per heavy atom. The lowest BCUT2D eigenvalue weighted by Crippen LogP contribution is -1.96. The van der Waals surface area contributed by atoms with Crippen LogP contribution in [0, 0.1) is 17.1 Å². The number of nitrogens with zero attached hydrogens (tertiary/aromatic N) is 1. The highest BCUT2D eigenvalue weighted by atomic mass is 19.1. The number of hydrogen-bond acceptors (Lipinski definition) is 4. The summed E-state index contributed by atoms with van der Waals surface area (Å²) in [5.41, 5.74) is -0.371. The number of benzene rings is 1. The van der Waals surface area contributed by atoms with Gasteiger partial charge in [0.2, 0.25) is 0 Å². The lowest BCUT2D eigenvalue weighted by atomic mass is 10.1. The molecule has 0 amide bonds. The summed E-state index contributed by atoms with van der Waals surface area (Å²) in [5.74, 6) is -1.56. The van der Waals surface area contributed by atoms with E-state index in [4.69, 9.17) is 19.8 Å². The average molecular weight is 197 g/mol. The maximum Gasteiger partial charge on any atom is 0.186 e. The minimum Gasteiger partial charge on any atom is -0.505 e. The van der Waals surface area contributed by atoms with Crippen LogP contribution in [0.1, 0.15) is 5.56 Å². The average Bonchev–Trinajstić information content (AvgIpc) is 2.20. The molecule has 0 atom stereocenters. The van der Waals surface area contributed by atoms with Gasteiger partial charge in [-0.15, -0.1) is 0 Å². The van der Waals surface area contributed by atoms with Gasteiger partial charge in [0.1, 0.15) is 11.6 Å². The summed E-state index contributed by atoms with van der Waals surface area (Å²) in [6.07, 6.45) is 0. The second-order valence-electron chi connectivity index (χ2n) is 2.43. The number of hydrogen-bond donors (Lipinski definition) is 1. The molecule has 0 fully saturated rings. The van der Waals surface area contributed by atoms with Gasteiger partial charge in [-0.3, -0.25) is 0 Å². The predicted octanol–water partition coefficient (Wildman–Crippen LogP) is 1.42. The molecule has 14 heavy (non-hydrogen) atoms. The Hall–Kier alpha value is -1.96. The molecule has 1 aromatic rings. The maximum absolute atomic E-state index is 13.2. The molecule has 0 unspecified atom stereocenters. The van der Waals surface area contributed by atoms with Crippen molar-refractivity contribution >= 4 is 0 Å². The fourth-order valence-electron chi connectivity index (χ4n) is 1.06. The summed E-state index contributed by atoms with van der Waals surface area (Å²) in [6, 6.07) is 2.64. The molecule has 74 valence electrons. The third kappa shape index (κ3) is 1.42. The first-order valence-electron chi connectivity index (χ1n) is 3.69. The van der Waals surface area contributed by atoms with Crippen molar-refractivity contribution in [3.05, 3.63) is 17.4 Å². The Morgan fingerprint density at radius 3 is 2.50 bits per heavy atom. The highest BCUT2D eigenvalue weighted by Gasteiger charge is 2.19. The normalized spacial score (nSPS) is 9.29. The molecule has 1 rings (SSSR count). The number of phenolic OH excluding ortho intramolecular Hbond substituents is 1. The molecule has 1 N–H and O–H groups in total. The summed E-state index contributed by atoms with van der Waals surface area (Å²) < 4.78 is 22.8. The fraction of sp³-hybridized carbons (Fsp3) is 0.222. The largest absolute Gasteiger partial charge is 0.505 e. The van der Waals surface area contributed by atoms with Gasteiger partial charge < -0.3 is 14.6 Å². The molecule has 5 heteroatoms. The van der Waals surface area contributed by atoms with E-state index in [0.717, 1.165) is 6.07 Å². The first-order chi connectivity index (χ1) is 6.65. The summed E-state index contributed by atoms with van der Waals surface area (Å²) in [7, 11) is 2.62. The first kappa shape index (κ1) is 10.1. The van der Waals surface area contributed by atoms with E-state index >= 15 is 0 Å². The number of aromatic hydroxyl groups is 1. The topological polar surface area (TPSA) is 62.5 Å². The Bertz CT molecular complexity index is 398. The zero-order valence-electron chi connectivity index (χ0n) is 7.67. The molecular formula is C9H8FNO3. The minimum atomic E-state index is -1.01. The molecule has 0 spiro atoms. The standard InChI is InChI=1S/C9H8FNO3/c1-13-7-3-6(12)8(10)5(4-11)9(7)14-2/h3,12H,1-2H3. The van der Waals surface area contributed by atoms with Gasteiger partial charge in [-0.2, -0.15) is 5.26 Å². The van der Waals surface area contributed by atoms with Crippen molar-refractivity contribution < 1.29 is 19.0 Å². The molecular weight excluding hydrogens is 189 g/mol. The van der Waals surface area contributed by atoms with Gasteiger partial charge in [0, 0.05) is 6.07 Å². The Balaban J connectivity index is 3.52. The van der Waals surface area contributed by atoms with Gasteiger partial charge in [-0.1, -0.05) is 0 Å². The van der Waals surface area contributed by atoms with Crippen LogP contribution in [0.5, 0.6) is 17.2 Å². The Kier molecular flexibility index (Phi) is 2.77. The second kappa shape index (κ2) is 3.83. The SMILES string of the molecule is COc1cc(O)c(F)c(C#N)c1OC. The Labute approximate surface area is 80.1 Å². The smallest absolute Gasteiger partial charge is 0.186 e. The van der Waals surface area contributed by atoms with E-state index in [1.165, 1.54) is 14.2 Å². The number of rotatable bonds is 2. The summed E-state index contributed by atoms with van der Waals surface area (Å²) in [5, 5.41) is 17.7. The molecule has 0 aliphatic heterocycles. The van der Waals surface area contributed by atoms with E-state index in [1.54, 1.807) is 6.07 Å². The first-order valence-corrected chi connectivity index (χ1v) is 3.69. The Morgan fingerprint density at radius 1 is 1.43 bits per heavy atom. The van der Waals surface area contributed by atoms with Gasteiger partial charge in [-0.25, -0.2) is 4.39 Å². The molecule has 1 aromatic carbocycles. The molecule has 0 radical (unpaired) electrons. The van der Waals surface area contributed by atoms with E-state index in [1.807, 2.05) is 0 Å². The van der Waals surface area contributed by atoms with Crippen molar-refractivity contribution in [1.82, 2.24) is 0 Å². The van der Waals surface area contributed by atoms with E-state index in [2.05, 4.69) is 0 Å². The zero-order valence-corrected chi connectivity index (χ0v) is 7.67. The number of ether oxygens (including phenoxy) is 2. The van der Waals surface area contributed by atoms with E-state index < -0.39 is 11.6 Å². The van der Waals surface area contributed by atoms with Crippen LogP contribution in [0.2, 0.25) is 0 Å². The van der Waals surface area contributed by atoms with Crippen molar-refractivity contribution in [1.29, 1.82) is 5.26 Å². The molecule has 0 heterocycles. The van der Waals surface area contributed by atoms with Crippen LogP contribution in [0.15, 0.2) is 6.07 Å². The zero-order chi connectivity index (χ0) is 10.7. The van der Waals surface area contributed by atoms with Crippen molar-refractivity contribution in [3.63, 3.8) is 0 Å². The molecule has 0 saturated carbocycles. The number of halogens is 1. The molecule has 0 aliphatic rings. The van der Waals surface area contributed by atoms with Crippen LogP contribution in [0.25, 0.3) is 0 Å². The summed E-state index contributed by atoms with van der Waals surface area (Å²) in [6.45, 7) is 0. The fourth-order valence-corrected chi connectivity index (χ4v) is 1.06. The highest BCUT2D eigenvalue weighted by molar-refractivity contribution is 5.57. The van der Waals surface area contributed by atoms with Crippen molar-refractivity contribution in [2.75, 3.05) is 14.2 Å². The monoisotopic (exact) mass is 197 g/mol. The maximum atomic E-state index is 13.2.